The van der Waals surface area contributed by atoms with E-state index in [2.05, 4.69) is 13.8 Å². The molecule has 1 atom stereocenters. The molecule has 1 unspecified atom stereocenters. The molecule has 0 aliphatic heterocycles. The third-order valence-electron chi connectivity index (χ3n) is 5.48. The van der Waals surface area contributed by atoms with Gasteiger partial charge in [0, 0.05) is 0 Å². The summed E-state index contributed by atoms with van der Waals surface area (Å²) in [6.07, 6.45) is 18.8. The summed E-state index contributed by atoms with van der Waals surface area (Å²) in [6.45, 7) is 4.43. The smallest absolute Gasteiger partial charge is 0.744 e. The normalized spacial score (nSPS) is 12.5. The molecule has 0 aliphatic rings. The minimum atomic E-state index is -4.34. The summed E-state index contributed by atoms with van der Waals surface area (Å²) in [6, 6.07) is 6.41. The van der Waals surface area contributed by atoms with Gasteiger partial charge >= 0.3 is 29.6 Å². The predicted octanol–water partition coefficient (Wildman–Crippen LogP) is 4.18. The SMILES string of the molecule is CCCCCCCCCCCCCCCC(C)c1ccc(S(=O)(=O)[O-])cc1.[Na+]. The van der Waals surface area contributed by atoms with Crippen molar-refractivity contribution in [3.63, 3.8) is 0 Å². The first-order valence-corrected chi connectivity index (χ1v) is 12.4. The van der Waals surface area contributed by atoms with Gasteiger partial charge in [0.15, 0.2) is 0 Å². The Morgan fingerprint density at radius 3 is 1.54 bits per heavy atom. The molecule has 0 spiro atoms. The molecule has 0 fully saturated rings. The van der Waals surface area contributed by atoms with Gasteiger partial charge in [-0.3, -0.25) is 0 Å². The van der Waals surface area contributed by atoms with E-state index in [1.165, 1.54) is 95.6 Å². The van der Waals surface area contributed by atoms with Crippen LogP contribution in [0.4, 0.5) is 0 Å². The Balaban J connectivity index is 0.00000729. The Morgan fingerprint density at radius 1 is 0.750 bits per heavy atom. The molecule has 1 aromatic rings. The van der Waals surface area contributed by atoms with E-state index in [-0.39, 0.29) is 34.5 Å². The molecular formula is C23H39NaO3S. The van der Waals surface area contributed by atoms with Crippen LogP contribution in [0.25, 0.3) is 0 Å². The van der Waals surface area contributed by atoms with Crippen LogP contribution in [0.1, 0.15) is 115 Å². The fourth-order valence-electron chi connectivity index (χ4n) is 3.60. The number of rotatable bonds is 16. The fourth-order valence-corrected chi connectivity index (χ4v) is 4.07. The molecule has 156 valence electrons. The van der Waals surface area contributed by atoms with Crippen molar-refractivity contribution >= 4 is 10.1 Å². The molecule has 1 aromatic carbocycles. The van der Waals surface area contributed by atoms with E-state index in [1.54, 1.807) is 12.1 Å². The topological polar surface area (TPSA) is 57.2 Å². The van der Waals surface area contributed by atoms with Gasteiger partial charge in [-0.25, -0.2) is 8.42 Å². The van der Waals surface area contributed by atoms with E-state index >= 15 is 0 Å². The zero-order valence-electron chi connectivity index (χ0n) is 18.4. The van der Waals surface area contributed by atoms with Gasteiger partial charge in [-0.15, -0.1) is 0 Å². The van der Waals surface area contributed by atoms with E-state index < -0.39 is 10.1 Å². The van der Waals surface area contributed by atoms with Crippen molar-refractivity contribution in [2.24, 2.45) is 0 Å². The van der Waals surface area contributed by atoms with Crippen LogP contribution in [-0.2, 0) is 10.1 Å². The quantitative estimate of drug-likeness (QED) is 0.230. The summed E-state index contributed by atoms with van der Waals surface area (Å²) in [5, 5.41) is 0. The number of hydrogen-bond acceptors (Lipinski definition) is 3. The van der Waals surface area contributed by atoms with Crippen molar-refractivity contribution < 1.29 is 42.5 Å². The summed E-state index contributed by atoms with van der Waals surface area (Å²) in [5.41, 5.74) is 1.11. The van der Waals surface area contributed by atoms with Gasteiger partial charge < -0.3 is 4.55 Å². The van der Waals surface area contributed by atoms with Crippen LogP contribution in [0.15, 0.2) is 29.2 Å². The number of hydrogen-bond donors (Lipinski definition) is 0. The maximum atomic E-state index is 11.0. The van der Waals surface area contributed by atoms with Gasteiger partial charge in [0.05, 0.1) is 4.90 Å². The fraction of sp³-hybridized carbons (Fsp3) is 0.739. The van der Waals surface area contributed by atoms with E-state index in [0.29, 0.717) is 5.92 Å². The van der Waals surface area contributed by atoms with Crippen LogP contribution < -0.4 is 29.6 Å². The maximum absolute atomic E-state index is 11.0. The first kappa shape index (κ1) is 28.1. The average Bonchev–Trinajstić information content (AvgIpc) is 2.64. The minimum absolute atomic E-state index is 0. The summed E-state index contributed by atoms with van der Waals surface area (Å²) < 4.78 is 32.9. The van der Waals surface area contributed by atoms with Crippen molar-refractivity contribution in [2.45, 2.75) is 115 Å². The van der Waals surface area contributed by atoms with Gasteiger partial charge in [-0.05, 0) is 30.0 Å². The average molecular weight is 419 g/mol. The molecule has 0 aliphatic carbocycles. The second kappa shape index (κ2) is 16.9. The molecule has 5 heteroatoms. The Kier molecular flexibility index (Phi) is 17.0. The number of unbranched alkanes of at least 4 members (excludes halogenated alkanes) is 12. The molecule has 3 nitrogen and oxygen atoms in total. The van der Waals surface area contributed by atoms with Crippen LogP contribution in [0.3, 0.4) is 0 Å². The summed E-state index contributed by atoms with van der Waals surface area (Å²) in [4.78, 5) is -0.139. The van der Waals surface area contributed by atoms with Crippen LogP contribution in [-0.4, -0.2) is 13.0 Å². The van der Waals surface area contributed by atoms with Crippen LogP contribution in [0.5, 0.6) is 0 Å². The molecular weight excluding hydrogens is 379 g/mol. The number of benzene rings is 1. The van der Waals surface area contributed by atoms with Crippen molar-refractivity contribution in [3.05, 3.63) is 29.8 Å². The van der Waals surface area contributed by atoms with E-state index in [1.807, 2.05) is 0 Å². The third-order valence-corrected chi connectivity index (χ3v) is 6.33. The molecule has 1 rings (SSSR count). The van der Waals surface area contributed by atoms with Crippen molar-refractivity contribution in [1.29, 1.82) is 0 Å². The van der Waals surface area contributed by atoms with Gasteiger partial charge in [0.2, 0.25) is 0 Å². The summed E-state index contributed by atoms with van der Waals surface area (Å²) in [5.74, 6) is 0.404. The predicted molar refractivity (Wildman–Crippen MR) is 113 cm³/mol. The molecule has 0 amide bonds. The van der Waals surface area contributed by atoms with Crippen LogP contribution >= 0.6 is 0 Å². The molecule has 0 heterocycles. The third kappa shape index (κ3) is 13.4. The molecule has 0 saturated carbocycles. The Morgan fingerprint density at radius 2 is 1.14 bits per heavy atom. The van der Waals surface area contributed by atoms with Crippen molar-refractivity contribution in [3.8, 4) is 0 Å². The van der Waals surface area contributed by atoms with Gasteiger partial charge in [-0.2, -0.15) is 0 Å². The molecule has 0 radical (unpaired) electrons. The zero-order valence-corrected chi connectivity index (χ0v) is 21.2. The van der Waals surface area contributed by atoms with Gasteiger partial charge in [0.25, 0.3) is 0 Å². The standard InChI is InChI=1S/C23H40O3S.Na/c1-3-4-5-6-7-8-9-10-11-12-13-14-15-16-21(2)22-17-19-23(20-18-22)27(24,25)26;/h17-21H,3-16H2,1-2H3,(H,24,25,26);/q;+1/p-1. The van der Waals surface area contributed by atoms with Crippen molar-refractivity contribution in [2.75, 3.05) is 0 Å². The van der Waals surface area contributed by atoms with Crippen LogP contribution in [0.2, 0.25) is 0 Å². The maximum Gasteiger partial charge on any atom is 1.00 e. The largest absolute Gasteiger partial charge is 1.00 e. The summed E-state index contributed by atoms with van der Waals surface area (Å²) in [7, 11) is -4.34. The second-order valence-electron chi connectivity index (χ2n) is 7.96. The first-order chi connectivity index (χ1) is 12.9. The first-order valence-electron chi connectivity index (χ1n) is 11.0. The molecule has 0 bridgehead atoms. The van der Waals surface area contributed by atoms with Crippen LogP contribution in [0, 0.1) is 0 Å². The molecule has 0 saturated heterocycles. The monoisotopic (exact) mass is 418 g/mol. The summed E-state index contributed by atoms with van der Waals surface area (Å²) >= 11 is 0. The molecule has 28 heavy (non-hydrogen) atoms. The van der Waals surface area contributed by atoms with E-state index in [9.17, 15) is 13.0 Å². The second-order valence-corrected chi connectivity index (χ2v) is 9.34. The Bertz CT molecular complexity index is 584. The Labute approximate surface area is 196 Å². The zero-order chi connectivity index (χ0) is 20.0. The minimum Gasteiger partial charge on any atom is -0.744 e. The van der Waals surface area contributed by atoms with E-state index in [0.717, 1.165) is 12.0 Å². The van der Waals surface area contributed by atoms with Gasteiger partial charge in [0.1, 0.15) is 10.1 Å². The van der Waals surface area contributed by atoms with Crippen molar-refractivity contribution in [1.82, 2.24) is 0 Å². The Hall–Kier alpha value is 0.130. The van der Waals surface area contributed by atoms with Gasteiger partial charge in [-0.1, -0.05) is 109 Å². The molecule has 0 N–H and O–H groups in total. The molecule has 0 aromatic heterocycles. The van der Waals surface area contributed by atoms with E-state index in [4.69, 9.17) is 0 Å².